The van der Waals surface area contributed by atoms with Crippen molar-refractivity contribution in [2.45, 2.75) is 88.1 Å². The molecule has 6 aliphatic rings. The van der Waals surface area contributed by atoms with Crippen LogP contribution in [-0.2, 0) is 9.53 Å². The van der Waals surface area contributed by atoms with Crippen LogP contribution >= 0.6 is 0 Å². The summed E-state index contributed by atoms with van der Waals surface area (Å²) in [5.41, 5.74) is 4.62. The monoisotopic (exact) mass is 524 g/mol. The molecule has 38 heavy (non-hydrogen) atoms. The van der Waals surface area contributed by atoms with Crippen LogP contribution in [0.15, 0.2) is 48.4 Å². The second kappa shape index (κ2) is 11.5. The van der Waals surface area contributed by atoms with E-state index in [0.717, 1.165) is 64.2 Å². The molecule has 5 heterocycles. The summed E-state index contributed by atoms with van der Waals surface area (Å²) in [5.74, 6) is 1.48. The number of carbonyl (C=O) groups excluding carboxylic acids is 1. The highest BCUT2D eigenvalue weighted by Crippen LogP contribution is 2.31. The number of carbonyl (C=O) groups is 1. The molecule has 1 amide bonds. The number of rotatable bonds is 6. The number of ether oxygens (including phenoxy) is 1. The summed E-state index contributed by atoms with van der Waals surface area (Å²) in [6, 6.07) is 1.51. The number of hydrogen-bond donors (Lipinski definition) is 6. The van der Waals surface area contributed by atoms with E-state index < -0.39 is 0 Å². The van der Waals surface area contributed by atoms with Crippen LogP contribution in [0.2, 0.25) is 0 Å². The maximum atomic E-state index is 12.2. The van der Waals surface area contributed by atoms with Crippen LogP contribution in [0.3, 0.4) is 0 Å². The number of allylic oxidation sites excluding steroid dienone is 1. The second-order valence-corrected chi connectivity index (χ2v) is 11.6. The van der Waals surface area contributed by atoms with Gasteiger partial charge in [0.1, 0.15) is 18.0 Å². The van der Waals surface area contributed by atoms with Crippen LogP contribution in [0.4, 0.5) is 0 Å². The lowest BCUT2D eigenvalue weighted by Gasteiger charge is -2.48. The Kier molecular flexibility index (Phi) is 7.87. The van der Waals surface area contributed by atoms with E-state index in [2.05, 4.69) is 74.9 Å². The summed E-state index contributed by atoms with van der Waals surface area (Å²) >= 11 is 0. The fourth-order valence-corrected chi connectivity index (χ4v) is 7.03. The van der Waals surface area contributed by atoms with Crippen molar-refractivity contribution in [3.8, 4) is 0 Å². The van der Waals surface area contributed by atoms with E-state index in [9.17, 15) is 4.79 Å². The highest BCUT2D eigenvalue weighted by Gasteiger charge is 2.41. The first kappa shape index (κ1) is 26.0. The molecule has 0 radical (unpaired) electrons. The molecular weight excluding hydrogens is 480 g/mol. The Morgan fingerprint density at radius 2 is 2.11 bits per heavy atom. The summed E-state index contributed by atoms with van der Waals surface area (Å²) in [5, 5.41) is 20.8. The predicted molar refractivity (Wildman–Crippen MR) is 147 cm³/mol. The average Bonchev–Trinajstić information content (AvgIpc) is 3.42. The molecule has 3 saturated heterocycles. The minimum atomic E-state index is 0.0310. The number of hydrazine groups is 1. The fraction of sp³-hybridized carbons (Fsp3) is 0.679. The van der Waals surface area contributed by atoms with Gasteiger partial charge in [-0.1, -0.05) is 19.6 Å². The Balaban J connectivity index is 1.03. The third-order valence-corrected chi connectivity index (χ3v) is 9.14. The summed E-state index contributed by atoms with van der Waals surface area (Å²) in [4.78, 5) is 14.1. The van der Waals surface area contributed by atoms with Gasteiger partial charge in [0, 0.05) is 44.1 Å². The van der Waals surface area contributed by atoms with Gasteiger partial charge in [0.2, 0.25) is 5.91 Å². The SMILES string of the molecule is C=CC(=O)N1CCC=C(C2CCC3NCNC(NC4CCC(OC5=CC6NCNN6C=C5)C(C)C4)C3N2)C1. The number of fused-ring (bicyclic) bond motifs is 2. The topological polar surface area (TPSA) is 105 Å². The number of hydrogen-bond acceptors (Lipinski definition) is 9. The second-order valence-electron chi connectivity index (χ2n) is 11.6. The molecule has 0 aromatic heterocycles. The summed E-state index contributed by atoms with van der Waals surface area (Å²) in [7, 11) is 0. The third kappa shape index (κ3) is 5.57. The summed E-state index contributed by atoms with van der Waals surface area (Å²) in [6.07, 6.45) is 17.1. The van der Waals surface area contributed by atoms with Crippen molar-refractivity contribution < 1.29 is 9.53 Å². The molecule has 8 unspecified atom stereocenters. The Morgan fingerprint density at radius 1 is 1.18 bits per heavy atom. The maximum absolute atomic E-state index is 12.2. The van der Waals surface area contributed by atoms with Crippen LogP contribution in [0.25, 0.3) is 0 Å². The standard InChI is InChI=1S/C28H44N8O2/c1-3-26(37)35-11-4-5-19(15-35)22-7-8-23-27(34-22)28(31-16-29-23)33-20-6-9-24(18(2)13-20)38-21-10-12-36-25(14-21)30-17-32-36/h3,5,10,12,14,18,20,22-25,27-34H,1,4,6-9,11,13,15-17H2,2H3. The Labute approximate surface area is 226 Å². The molecular formula is C28H44N8O2. The van der Waals surface area contributed by atoms with Crippen molar-refractivity contribution in [1.29, 1.82) is 0 Å². The molecule has 6 N–H and O–H groups in total. The van der Waals surface area contributed by atoms with E-state index in [1.807, 2.05) is 4.90 Å². The molecule has 208 valence electrons. The van der Waals surface area contributed by atoms with E-state index >= 15 is 0 Å². The molecule has 0 bridgehead atoms. The normalized spacial score (nSPS) is 39.1. The van der Waals surface area contributed by atoms with Crippen LogP contribution < -0.4 is 32.0 Å². The molecule has 0 aromatic rings. The minimum Gasteiger partial charge on any atom is -0.490 e. The van der Waals surface area contributed by atoms with Gasteiger partial charge in [0.25, 0.3) is 0 Å². The lowest BCUT2D eigenvalue weighted by Crippen LogP contribution is -2.74. The summed E-state index contributed by atoms with van der Waals surface area (Å²) in [6.45, 7) is 9.09. The number of amides is 1. The lowest BCUT2D eigenvalue weighted by atomic mass is 9.83. The van der Waals surface area contributed by atoms with E-state index in [0.29, 0.717) is 36.6 Å². The molecule has 8 atom stereocenters. The van der Waals surface area contributed by atoms with Crippen molar-refractivity contribution >= 4 is 5.91 Å². The fourth-order valence-electron chi connectivity index (χ4n) is 7.03. The van der Waals surface area contributed by atoms with Crippen LogP contribution in [0.5, 0.6) is 0 Å². The number of piperidine rings is 1. The average molecular weight is 525 g/mol. The van der Waals surface area contributed by atoms with E-state index in [4.69, 9.17) is 4.74 Å². The van der Waals surface area contributed by atoms with Crippen LogP contribution in [0, 0.1) is 5.92 Å². The van der Waals surface area contributed by atoms with Crippen molar-refractivity contribution in [3.63, 3.8) is 0 Å². The molecule has 6 rings (SSSR count). The Hall–Kier alpha value is -2.21. The molecule has 1 saturated carbocycles. The predicted octanol–water partition coefficient (Wildman–Crippen LogP) is 0.565. The van der Waals surface area contributed by atoms with Gasteiger partial charge in [-0.05, 0) is 68.2 Å². The number of nitrogens with zero attached hydrogens (tertiary/aromatic N) is 2. The van der Waals surface area contributed by atoms with Gasteiger partial charge in [-0.3, -0.25) is 31.1 Å². The zero-order chi connectivity index (χ0) is 26.1. The highest BCUT2D eigenvalue weighted by atomic mass is 16.5. The first-order valence-corrected chi connectivity index (χ1v) is 14.5. The van der Waals surface area contributed by atoms with Crippen molar-refractivity contribution in [3.05, 3.63) is 48.4 Å². The van der Waals surface area contributed by atoms with Gasteiger partial charge in [0.05, 0.1) is 18.9 Å². The molecule has 0 spiro atoms. The van der Waals surface area contributed by atoms with Crippen LogP contribution in [-0.4, -0.2) is 84.8 Å². The molecule has 10 nitrogen and oxygen atoms in total. The molecule has 0 aromatic carbocycles. The van der Waals surface area contributed by atoms with Gasteiger partial charge < -0.3 is 15.0 Å². The highest BCUT2D eigenvalue weighted by molar-refractivity contribution is 5.87. The van der Waals surface area contributed by atoms with E-state index in [1.54, 1.807) is 0 Å². The Bertz CT molecular complexity index is 982. The first-order chi connectivity index (χ1) is 18.6. The van der Waals surface area contributed by atoms with Gasteiger partial charge in [0.15, 0.2) is 0 Å². The molecule has 10 heteroatoms. The molecule has 5 aliphatic heterocycles. The lowest BCUT2D eigenvalue weighted by molar-refractivity contribution is -0.125. The van der Waals surface area contributed by atoms with Gasteiger partial charge in [-0.25, -0.2) is 5.43 Å². The molecule has 4 fully saturated rings. The van der Waals surface area contributed by atoms with Crippen molar-refractivity contribution in [2.75, 3.05) is 26.4 Å². The van der Waals surface area contributed by atoms with E-state index in [-0.39, 0.29) is 24.3 Å². The van der Waals surface area contributed by atoms with Gasteiger partial charge >= 0.3 is 0 Å². The third-order valence-electron chi connectivity index (χ3n) is 9.14. The largest absolute Gasteiger partial charge is 0.490 e. The zero-order valence-corrected chi connectivity index (χ0v) is 22.5. The summed E-state index contributed by atoms with van der Waals surface area (Å²) < 4.78 is 6.47. The van der Waals surface area contributed by atoms with Crippen molar-refractivity contribution in [1.82, 2.24) is 41.9 Å². The number of nitrogens with one attached hydrogen (secondary N) is 6. The maximum Gasteiger partial charge on any atom is 0.246 e. The minimum absolute atomic E-state index is 0.0310. The van der Waals surface area contributed by atoms with Gasteiger partial charge in [-0.2, -0.15) is 0 Å². The molecule has 1 aliphatic carbocycles. The Morgan fingerprint density at radius 3 is 2.97 bits per heavy atom. The first-order valence-electron chi connectivity index (χ1n) is 14.5. The van der Waals surface area contributed by atoms with E-state index in [1.165, 1.54) is 11.6 Å². The van der Waals surface area contributed by atoms with Crippen LogP contribution in [0.1, 0.15) is 45.4 Å². The van der Waals surface area contributed by atoms with Crippen molar-refractivity contribution in [2.24, 2.45) is 5.92 Å². The quantitative estimate of drug-likeness (QED) is 0.220. The smallest absolute Gasteiger partial charge is 0.246 e. The zero-order valence-electron chi connectivity index (χ0n) is 22.5. The van der Waals surface area contributed by atoms with Gasteiger partial charge in [-0.15, -0.1) is 0 Å².